The number of aliphatic imine (C=N–C) groups is 2. The number of nitrogens with one attached hydrogen (secondary N) is 1. The number of hydrogen-bond donors (Lipinski definition) is 1. The second-order valence-electron chi connectivity index (χ2n) is 16.2. The summed E-state index contributed by atoms with van der Waals surface area (Å²) >= 11 is 1.83. The molecule has 1 aliphatic heterocycles. The van der Waals surface area contributed by atoms with Crippen molar-refractivity contribution < 1.29 is 0 Å². The third kappa shape index (κ3) is 5.76. The fourth-order valence-electron chi connectivity index (χ4n) is 9.68. The lowest BCUT2D eigenvalue weighted by atomic mass is 10.0. The molecule has 5 nitrogen and oxygen atoms in total. The van der Waals surface area contributed by atoms with Gasteiger partial charge in [0, 0.05) is 64.1 Å². The van der Waals surface area contributed by atoms with Crippen LogP contribution in [0.3, 0.4) is 0 Å². The number of rotatable bonds is 6. The molecule has 0 bridgehead atoms. The van der Waals surface area contributed by atoms with Crippen LogP contribution in [-0.2, 0) is 0 Å². The molecule has 63 heavy (non-hydrogen) atoms. The van der Waals surface area contributed by atoms with Gasteiger partial charge < -0.3 is 14.5 Å². The van der Waals surface area contributed by atoms with Crippen LogP contribution in [0.15, 0.2) is 222 Å². The van der Waals surface area contributed by atoms with Crippen LogP contribution in [0.1, 0.15) is 22.9 Å². The molecule has 0 saturated carbocycles. The van der Waals surface area contributed by atoms with Crippen molar-refractivity contribution in [1.29, 1.82) is 0 Å². The van der Waals surface area contributed by atoms with E-state index in [1.54, 1.807) is 0 Å². The van der Waals surface area contributed by atoms with E-state index in [-0.39, 0.29) is 0 Å². The second kappa shape index (κ2) is 14.3. The van der Waals surface area contributed by atoms with E-state index in [9.17, 15) is 0 Å². The highest BCUT2D eigenvalue weighted by Crippen LogP contribution is 2.40. The fourth-order valence-corrected chi connectivity index (χ4v) is 10.8. The van der Waals surface area contributed by atoms with Crippen LogP contribution in [0.5, 0.6) is 0 Å². The summed E-state index contributed by atoms with van der Waals surface area (Å²) in [5.74, 6) is 1.50. The summed E-state index contributed by atoms with van der Waals surface area (Å²) in [6, 6.07) is 76.3. The molecule has 1 atom stereocenters. The SMILES string of the molecule is c1ccc(C2=NC(c3ccccc3-n3c4ccccc4c4ccc(-n5c6ccccc6c6ccc(-c7ccccc7)cc65)cc43)NC(c3ccc4sc5ccccc5c4c3)=N2)cc1. The van der Waals surface area contributed by atoms with E-state index in [1.807, 2.05) is 17.4 Å². The van der Waals surface area contributed by atoms with E-state index >= 15 is 0 Å². The number of benzene rings is 9. The standard InChI is InChI=1S/C57H37N5S/c1-3-15-36(16-4-1)38-27-30-43-41-19-7-11-23-48(41)61(51(43)34-38)40-29-31-44-42-20-8-12-24-49(42)62(52(44)35-40)50-25-13-9-22-46(50)57-59-55(37-17-5-2-6-18-37)58-56(60-57)39-28-32-54-47(33-39)45-21-10-14-26-53(45)63-54/h1-35,57H,(H,58,59,60). The molecule has 0 amide bonds. The first kappa shape index (κ1) is 35.7. The van der Waals surface area contributed by atoms with Crippen LogP contribution in [0.4, 0.5) is 0 Å². The Bertz CT molecular complexity index is 3830. The highest BCUT2D eigenvalue weighted by atomic mass is 32.1. The van der Waals surface area contributed by atoms with Crippen LogP contribution in [0.25, 0.3) is 86.3 Å². The van der Waals surface area contributed by atoms with Gasteiger partial charge in [-0.2, -0.15) is 0 Å². The maximum Gasteiger partial charge on any atom is 0.159 e. The van der Waals surface area contributed by atoms with Crippen LogP contribution in [0.2, 0.25) is 0 Å². The van der Waals surface area contributed by atoms with E-state index in [1.165, 1.54) is 63.9 Å². The normalized spacial score (nSPS) is 14.2. The van der Waals surface area contributed by atoms with Crippen LogP contribution in [0, 0.1) is 0 Å². The number of nitrogens with zero attached hydrogens (tertiary/aromatic N) is 4. The summed E-state index contributed by atoms with van der Waals surface area (Å²) in [7, 11) is 0. The van der Waals surface area contributed by atoms with E-state index in [0.717, 1.165) is 44.9 Å². The molecule has 296 valence electrons. The van der Waals surface area contributed by atoms with Crippen molar-refractivity contribution in [3.8, 4) is 22.5 Å². The predicted octanol–water partition coefficient (Wildman–Crippen LogP) is 14.4. The highest BCUT2D eigenvalue weighted by Gasteiger charge is 2.26. The van der Waals surface area contributed by atoms with Gasteiger partial charge in [-0.05, 0) is 71.8 Å². The van der Waals surface area contributed by atoms with Crippen LogP contribution >= 0.6 is 11.3 Å². The fraction of sp³-hybridized carbons (Fsp3) is 0.0175. The minimum Gasteiger partial charge on any atom is -0.344 e. The lowest BCUT2D eigenvalue weighted by Crippen LogP contribution is -2.34. The number of aromatic nitrogens is 2. The van der Waals surface area contributed by atoms with Crippen molar-refractivity contribution in [3.05, 3.63) is 229 Å². The molecule has 1 unspecified atom stereocenters. The van der Waals surface area contributed by atoms with Gasteiger partial charge in [0.15, 0.2) is 5.84 Å². The molecule has 9 aromatic carbocycles. The number of fused-ring (bicyclic) bond motifs is 9. The molecule has 0 saturated heterocycles. The van der Waals surface area contributed by atoms with Crippen molar-refractivity contribution in [2.45, 2.75) is 6.17 Å². The van der Waals surface area contributed by atoms with Crippen molar-refractivity contribution >= 4 is 86.8 Å². The van der Waals surface area contributed by atoms with Crippen molar-refractivity contribution in [3.63, 3.8) is 0 Å². The minimum atomic E-state index is -0.424. The first-order valence-corrected chi connectivity index (χ1v) is 22.2. The summed E-state index contributed by atoms with van der Waals surface area (Å²) in [4.78, 5) is 10.6. The average Bonchev–Trinajstić information content (AvgIpc) is 4.01. The Hall–Kier alpha value is -8.06. The molecule has 0 fully saturated rings. The molecule has 4 heterocycles. The van der Waals surface area contributed by atoms with Gasteiger partial charge in [0.1, 0.15) is 12.0 Å². The van der Waals surface area contributed by atoms with Gasteiger partial charge in [0.25, 0.3) is 0 Å². The molecule has 12 aromatic rings. The van der Waals surface area contributed by atoms with Crippen LogP contribution in [-0.4, -0.2) is 20.8 Å². The molecule has 3 aromatic heterocycles. The van der Waals surface area contributed by atoms with Gasteiger partial charge in [-0.15, -0.1) is 11.3 Å². The monoisotopic (exact) mass is 823 g/mol. The molecule has 0 aliphatic carbocycles. The molecule has 0 spiro atoms. The van der Waals surface area contributed by atoms with Gasteiger partial charge in [-0.1, -0.05) is 152 Å². The quantitative estimate of drug-likeness (QED) is 0.178. The average molecular weight is 824 g/mol. The Morgan fingerprint density at radius 2 is 0.984 bits per heavy atom. The maximum absolute atomic E-state index is 5.39. The number of hydrogen-bond acceptors (Lipinski definition) is 4. The Morgan fingerprint density at radius 3 is 1.78 bits per heavy atom. The summed E-state index contributed by atoms with van der Waals surface area (Å²) in [6.07, 6.45) is -0.424. The van der Waals surface area contributed by atoms with Crippen molar-refractivity contribution in [1.82, 2.24) is 14.5 Å². The zero-order chi connectivity index (χ0) is 41.4. The second-order valence-corrected chi connectivity index (χ2v) is 17.3. The van der Waals surface area contributed by atoms with E-state index in [0.29, 0.717) is 5.84 Å². The highest BCUT2D eigenvalue weighted by molar-refractivity contribution is 7.25. The summed E-state index contributed by atoms with van der Waals surface area (Å²) in [6.45, 7) is 0. The molecule has 6 heteroatoms. The zero-order valence-electron chi connectivity index (χ0n) is 34.0. The third-order valence-corrected chi connectivity index (χ3v) is 13.7. The third-order valence-electron chi connectivity index (χ3n) is 12.6. The molecular weight excluding hydrogens is 787 g/mol. The van der Waals surface area contributed by atoms with E-state index in [2.05, 4.69) is 221 Å². The summed E-state index contributed by atoms with van der Waals surface area (Å²) < 4.78 is 7.41. The molecular formula is C57H37N5S. The smallest absolute Gasteiger partial charge is 0.159 e. The summed E-state index contributed by atoms with van der Waals surface area (Å²) in [5.41, 5.74) is 12.2. The number of thiophene rings is 1. The minimum absolute atomic E-state index is 0.424. The van der Waals surface area contributed by atoms with Gasteiger partial charge in [-0.3, -0.25) is 0 Å². The van der Waals surface area contributed by atoms with Gasteiger partial charge in [-0.25, -0.2) is 9.98 Å². The maximum atomic E-state index is 5.39. The van der Waals surface area contributed by atoms with E-state index in [4.69, 9.17) is 9.98 Å². The first-order chi connectivity index (χ1) is 31.2. The van der Waals surface area contributed by atoms with Gasteiger partial charge >= 0.3 is 0 Å². The first-order valence-electron chi connectivity index (χ1n) is 21.4. The Labute approximate surface area is 367 Å². The topological polar surface area (TPSA) is 46.6 Å². The molecule has 1 N–H and O–H groups in total. The largest absolute Gasteiger partial charge is 0.344 e. The molecule has 1 aliphatic rings. The van der Waals surface area contributed by atoms with E-state index < -0.39 is 6.17 Å². The summed E-state index contributed by atoms with van der Waals surface area (Å²) in [5, 5.41) is 11.2. The van der Waals surface area contributed by atoms with Crippen LogP contribution < -0.4 is 5.32 Å². The van der Waals surface area contributed by atoms with Gasteiger partial charge in [0.2, 0.25) is 0 Å². The van der Waals surface area contributed by atoms with Crippen molar-refractivity contribution in [2.75, 3.05) is 0 Å². The van der Waals surface area contributed by atoms with Gasteiger partial charge in [0.05, 0.1) is 27.8 Å². The van der Waals surface area contributed by atoms with Crippen molar-refractivity contribution in [2.24, 2.45) is 9.98 Å². The lowest BCUT2D eigenvalue weighted by molar-refractivity contribution is 0.671. The lowest BCUT2D eigenvalue weighted by Gasteiger charge is -2.26. The zero-order valence-corrected chi connectivity index (χ0v) is 34.8. The predicted molar refractivity (Wildman–Crippen MR) is 265 cm³/mol. The number of amidine groups is 2. The Kier molecular flexibility index (Phi) is 8.08. The Balaban J connectivity index is 1.00. The molecule has 0 radical (unpaired) electrons. The number of para-hydroxylation sites is 3. The Morgan fingerprint density at radius 1 is 0.397 bits per heavy atom. The molecule has 13 rings (SSSR count).